The Morgan fingerprint density at radius 3 is 2.39 bits per heavy atom. The molecule has 0 amide bonds. The summed E-state index contributed by atoms with van der Waals surface area (Å²) < 4.78 is 5.65. The molecule has 0 aliphatic carbocycles. The predicted molar refractivity (Wildman–Crippen MR) is 70.0 cm³/mol. The number of hydrogen-bond acceptors (Lipinski definition) is 5. The highest BCUT2D eigenvalue weighted by Crippen LogP contribution is 2.40. The second-order valence-electron chi connectivity index (χ2n) is 3.96. The molecule has 2 aromatic rings. The van der Waals surface area contributed by atoms with Crippen molar-refractivity contribution in [2.75, 3.05) is 7.11 Å². The van der Waals surface area contributed by atoms with Gasteiger partial charge in [0.1, 0.15) is 22.1 Å². The molecule has 0 aliphatic rings. The topological polar surface area (TPSA) is 62.6 Å². The first-order valence-electron chi connectivity index (χ1n) is 5.61. The van der Waals surface area contributed by atoms with Gasteiger partial charge in [0.2, 0.25) is 0 Å². The molecule has 1 aromatic heterocycles. The molecule has 0 spiro atoms. The van der Waals surface area contributed by atoms with Gasteiger partial charge in [-0.25, -0.2) is 4.98 Å². The number of rotatable bonds is 4. The summed E-state index contributed by atoms with van der Waals surface area (Å²) in [6.45, 7) is 1.98. The van der Waals surface area contributed by atoms with Crippen molar-refractivity contribution in [3.8, 4) is 11.5 Å². The third-order valence-corrected chi connectivity index (χ3v) is 3.91. The molecule has 2 N–H and O–H groups in total. The average Bonchev–Trinajstić information content (AvgIpc) is 2.84. The summed E-state index contributed by atoms with van der Waals surface area (Å²) in [5.74, 6) is 0.0212. The number of nitrogens with zero attached hydrogens (tertiary/aromatic N) is 1. The van der Waals surface area contributed by atoms with Gasteiger partial charge >= 0.3 is 0 Å². The molecule has 0 saturated carbocycles. The van der Waals surface area contributed by atoms with Crippen molar-refractivity contribution in [3.63, 3.8) is 0 Å². The molecule has 0 saturated heterocycles. The molecule has 0 aliphatic heterocycles. The van der Waals surface area contributed by atoms with Crippen molar-refractivity contribution in [2.24, 2.45) is 0 Å². The number of aromatic hydroxyl groups is 2. The van der Waals surface area contributed by atoms with E-state index in [-0.39, 0.29) is 11.5 Å². The molecule has 0 fully saturated rings. The second kappa shape index (κ2) is 4.96. The number of phenolic OH excluding ortho intramolecular Hbond substituents is 2. The molecular weight excluding hydrogens is 250 g/mol. The molecule has 1 aromatic carbocycles. The zero-order valence-electron chi connectivity index (χ0n) is 10.3. The van der Waals surface area contributed by atoms with Gasteiger partial charge in [-0.15, -0.1) is 11.3 Å². The van der Waals surface area contributed by atoms with Crippen LogP contribution in [0, 0.1) is 0 Å². The lowest BCUT2D eigenvalue weighted by Crippen LogP contribution is -2.29. The van der Waals surface area contributed by atoms with Crippen LogP contribution in [-0.4, -0.2) is 22.3 Å². The van der Waals surface area contributed by atoms with Gasteiger partial charge < -0.3 is 14.9 Å². The molecule has 4 nitrogen and oxygen atoms in total. The third kappa shape index (κ3) is 2.07. The van der Waals surface area contributed by atoms with E-state index in [9.17, 15) is 10.2 Å². The number of benzene rings is 1. The van der Waals surface area contributed by atoms with Gasteiger partial charge in [-0.05, 0) is 24.1 Å². The maximum absolute atomic E-state index is 9.61. The monoisotopic (exact) mass is 265 g/mol. The number of hydrogen-bond donors (Lipinski definition) is 2. The Bertz CT molecular complexity index is 501. The average molecular weight is 265 g/mol. The summed E-state index contributed by atoms with van der Waals surface area (Å²) >= 11 is 1.49. The van der Waals surface area contributed by atoms with Gasteiger partial charge in [0, 0.05) is 24.8 Å². The summed E-state index contributed by atoms with van der Waals surface area (Å²) in [5.41, 5.74) is -0.0374. The first-order valence-corrected chi connectivity index (χ1v) is 6.49. The Morgan fingerprint density at radius 2 is 1.94 bits per heavy atom. The number of phenols is 2. The zero-order valence-corrected chi connectivity index (χ0v) is 11.1. The molecule has 0 radical (unpaired) electrons. The van der Waals surface area contributed by atoms with Crippen LogP contribution in [0.25, 0.3) is 0 Å². The lowest BCUT2D eigenvalue weighted by atomic mass is 9.91. The summed E-state index contributed by atoms with van der Waals surface area (Å²) in [7, 11) is 1.60. The molecule has 0 bridgehead atoms. The van der Waals surface area contributed by atoms with Crippen LogP contribution in [0.5, 0.6) is 11.5 Å². The van der Waals surface area contributed by atoms with Crippen LogP contribution >= 0.6 is 11.3 Å². The van der Waals surface area contributed by atoms with E-state index in [2.05, 4.69) is 4.98 Å². The maximum atomic E-state index is 9.61. The fraction of sp³-hybridized carbons (Fsp3) is 0.308. The van der Waals surface area contributed by atoms with E-state index in [0.717, 1.165) is 5.01 Å². The van der Waals surface area contributed by atoms with Crippen molar-refractivity contribution in [2.45, 2.75) is 18.9 Å². The van der Waals surface area contributed by atoms with Crippen LogP contribution in [-0.2, 0) is 10.3 Å². The van der Waals surface area contributed by atoms with Crippen LogP contribution in [0.4, 0.5) is 0 Å². The van der Waals surface area contributed by atoms with Gasteiger partial charge in [-0.1, -0.05) is 6.92 Å². The van der Waals surface area contributed by atoms with Crippen molar-refractivity contribution in [1.29, 1.82) is 0 Å². The maximum Gasteiger partial charge on any atom is 0.144 e. The van der Waals surface area contributed by atoms with Crippen LogP contribution in [0.2, 0.25) is 0 Å². The van der Waals surface area contributed by atoms with Crippen LogP contribution < -0.4 is 0 Å². The van der Waals surface area contributed by atoms with Gasteiger partial charge in [-0.2, -0.15) is 0 Å². The highest BCUT2D eigenvalue weighted by molar-refractivity contribution is 7.09. The van der Waals surface area contributed by atoms with E-state index < -0.39 is 5.60 Å². The molecule has 5 heteroatoms. The van der Waals surface area contributed by atoms with Crippen molar-refractivity contribution in [3.05, 3.63) is 40.3 Å². The fourth-order valence-corrected chi connectivity index (χ4v) is 2.99. The van der Waals surface area contributed by atoms with Gasteiger partial charge in [0.25, 0.3) is 0 Å². The second-order valence-corrected chi connectivity index (χ2v) is 4.85. The molecule has 1 heterocycles. The van der Waals surface area contributed by atoms with Crippen LogP contribution in [0.3, 0.4) is 0 Å². The normalized spacial score (nSPS) is 14.3. The Balaban J connectivity index is 2.60. The minimum atomic E-state index is -0.732. The summed E-state index contributed by atoms with van der Waals surface area (Å²) in [6.07, 6.45) is 2.37. The molecule has 96 valence electrons. The number of methoxy groups -OCH3 is 1. The van der Waals surface area contributed by atoms with Gasteiger partial charge in [0.15, 0.2) is 0 Å². The van der Waals surface area contributed by atoms with E-state index in [1.165, 1.54) is 17.4 Å². The highest BCUT2D eigenvalue weighted by Gasteiger charge is 2.35. The van der Waals surface area contributed by atoms with Crippen molar-refractivity contribution < 1.29 is 14.9 Å². The zero-order chi connectivity index (χ0) is 13.2. The van der Waals surface area contributed by atoms with Crippen molar-refractivity contribution in [1.82, 2.24) is 4.98 Å². The first-order chi connectivity index (χ1) is 8.62. The predicted octanol–water partition coefficient (Wildman–Crippen LogP) is 2.85. The van der Waals surface area contributed by atoms with Crippen molar-refractivity contribution >= 4 is 11.3 Å². The summed E-state index contributed by atoms with van der Waals surface area (Å²) in [5, 5.41) is 21.9. The van der Waals surface area contributed by atoms with Gasteiger partial charge in [0.05, 0.1) is 0 Å². The molecule has 1 unspecified atom stereocenters. The van der Waals surface area contributed by atoms with E-state index in [0.29, 0.717) is 12.0 Å². The van der Waals surface area contributed by atoms with Gasteiger partial charge in [-0.3, -0.25) is 0 Å². The number of aromatic nitrogens is 1. The molecule has 1 atom stereocenters. The lowest BCUT2D eigenvalue weighted by molar-refractivity contribution is 0.0181. The fourth-order valence-electron chi connectivity index (χ4n) is 2.08. The Morgan fingerprint density at radius 1 is 1.28 bits per heavy atom. The minimum absolute atomic E-state index is 0.0106. The van der Waals surface area contributed by atoms with E-state index in [1.807, 2.05) is 12.3 Å². The Labute approximate surface area is 110 Å². The smallest absolute Gasteiger partial charge is 0.144 e. The van der Waals surface area contributed by atoms with Crippen LogP contribution in [0.15, 0.2) is 29.8 Å². The molecular formula is C13H15NO3S. The third-order valence-electron chi connectivity index (χ3n) is 2.99. The number of thiazole rings is 1. The quantitative estimate of drug-likeness (QED) is 0.892. The van der Waals surface area contributed by atoms with E-state index in [4.69, 9.17) is 4.74 Å². The lowest BCUT2D eigenvalue weighted by Gasteiger charge is -2.30. The standard InChI is InChI=1S/C13H15NO3S/c1-3-13(17-2,12-14-4-5-18-12)9-6-10(15)8-11(16)7-9/h4-8,15-16H,3H2,1-2H3. The van der Waals surface area contributed by atoms with E-state index in [1.54, 1.807) is 25.4 Å². The largest absolute Gasteiger partial charge is 0.508 e. The highest BCUT2D eigenvalue weighted by atomic mass is 32.1. The van der Waals surface area contributed by atoms with E-state index >= 15 is 0 Å². The first kappa shape index (κ1) is 12.9. The summed E-state index contributed by atoms with van der Waals surface area (Å²) in [4.78, 5) is 4.30. The Kier molecular flexibility index (Phi) is 3.54. The molecule has 18 heavy (non-hydrogen) atoms. The minimum Gasteiger partial charge on any atom is -0.508 e. The summed E-state index contributed by atoms with van der Waals surface area (Å²) in [6, 6.07) is 4.48. The Hall–Kier alpha value is -1.59. The number of ether oxygens (including phenoxy) is 1. The van der Waals surface area contributed by atoms with Crippen LogP contribution in [0.1, 0.15) is 23.9 Å². The molecule has 2 rings (SSSR count). The SMILES string of the molecule is CCC(OC)(c1cc(O)cc(O)c1)c1nccs1.